The van der Waals surface area contributed by atoms with E-state index in [1.165, 1.54) is 126 Å². The van der Waals surface area contributed by atoms with E-state index >= 15 is 0 Å². The van der Waals surface area contributed by atoms with Crippen molar-refractivity contribution in [1.29, 1.82) is 0 Å². The zero-order chi connectivity index (χ0) is 47.1. The molecule has 0 fully saturated rings. The second kappa shape index (κ2) is 14.9. The normalized spacial score (nSPS) is 14.4. The van der Waals surface area contributed by atoms with Crippen molar-refractivity contribution in [3.8, 4) is 44.5 Å². The highest BCUT2D eigenvalue weighted by Crippen LogP contribution is 2.59. The molecule has 0 radical (unpaired) electrons. The molecule has 3 heterocycles. The van der Waals surface area contributed by atoms with Crippen LogP contribution in [0.25, 0.3) is 64.7 Å². The van der Waals surface area contributed by atoms with Crippen molar-refractivity contribution in [2.24, 2.45) is 0 Å². The fraction of sp³-hybridized carbons (Fsp3) is 0.169. The van der Waals surface area contributed by atoms with Crippen LogP contribution in [-0.4, -0.2) is 6.85 Å². The number of thiophene rings is 1. The van der Waals surface area contributed by atoms with Gasteiger partial charge in [0.2, 0.25) is 0 Å². The maximum atomic E-state index is 2.71. The highest BCUT2D eigenvalue weighted by molar-refractivity contribution is 7.26. The van der Waals surface area contributed by atoms with Crippen LogP contribution >= 0.6 is 11.3 Å². The number of benzene rings is 9. The summed E-state index contributed by atoms with van der Waals surface area (Å²) in [5.41, 5.74) is 24.1. The molecule has 1 aromatic heterocycles. The first-order valence-corrected chi connectivity index (χ1v) is 25.4. The van der Waals surface area contributed by atoms with E-state index in [0.717, 1.165) is 0 Å². The second-order valence-electron chi connectivity index (χ2n) is 22.1. The summed E-state index contributed by atoms with van der Waals surface area (Å²) in [7, 11) is 0. The molecule has 0 bridgehead atoms. The van der Waals surface area contributed by atoms with Gasteiger partial charge in [0.15, 0.2) is 0 Å². The quantitative estimate of drug-likeness (QED) is 0.162. The zero-order valence-corrected chi connectivity index (χ0v) is 41.6. The van der Waals surface area contributed by atoms with Gasteiger partial charge in [0.25, 0.3) is 0 Å². The van der Waals surface area contributed by atoms with Crippen molar-refractivity contribution in [3.63, 3.8) is 0 Å². The monoisotopic (exact) mass is 906 g/mol. The third-order valence-electron chi connectivity index (χ3n) is 15.5. The van der Waals surface area contributed by atoms with Crippen LogP contribution < -0.4 is 20.6 Å². The van der Waals surface area contributed by atoms with Crippen molar-refractivity contribution < 1.29 is 0 Å². The van der Waals surface area contributed by atoms with Crippen molar-refractivity contribution in [2.45, 2.75) is 71.6 Å². The Morgan fingerprint density at radius 2 is 1.13 bits per heavy atom. The van der Waals surface area contributed by atoms with Crippen molar-refractivity contribution in [1.82, 2.24) is 0 Å². The fourth-order valence-corrected chi connectivity index (χ4v) is 13.3. The minimum Gasteiger partial charge on any atom is -0.376 e. The Hall–Kier alpha value is -7.14. The predicted molar refractivity (Wildman–Crippen MR) is 299 cm³/mol. The number of hydrogen-bond acceptors (Lipinski definition) is 3. The highest BCUT2D eigenvalue weighted by Gasteiger charge is 2.50. The van der Waals surface area contributed by atoms with Gasteiger partial charge in [-0.05, 0) is 126 Å². The third kappa shape index (κ3) is 6.24. The molecule has 3 aliphatic rings. The van der Waals surface area contributed by atoms with E-state index in [4.69, 9.17) is 0 Å². The summed E-state index contributed by atoms with van der Waals surface area (Å²) < 4.78 is 2.62. The van der Waals surface area contributed by atoms with Gasteiger partial charge in [0.05, 0.1) is 16.1 Å². The summed E-state index contributed by atoms with van der Waals surface area (Å²) in [5.74, 6) is 0. The zero-order valence-electron chi connectivity index (χ0n) is 40.8. The molecule has 0 N–H and O–H groups in total. The Kier molecular flexibility index (Phi) is 9.09. The van der Waals surface area contributed by atoms with Gasteiger partial charge in [0.1, 0.15) is 0 Å². The van der Waals surface area contributed by atoms with Gasteiger partial charge < -0.3 is 9.71 Å². The molecule has 0 atom stereocenters. The minimum absolute atomic E-state index is 0.0214. The van der Waals surface area contributed by atoms with E-state index < -0.39 is 0 Å². The van der Waals surface area contributed by atoms with Gasteiger partial charge in [-0.1, -0.05) is 195 Å². The first kappa shape index (κ1) is 42.0. The summed E-state index contributed by atoms with van der Waals surface area (Å²) in [5, 5.41) is 2.60. The average molecular weight is 907 g/mol. The molecule has 0 unspecified atom stereocenters. The van der Waals surface area contributed by atoms with E-state index in [1.807, 2.05) is 11.3 Å². The number of hydrogen-bond donors (Lipinski definition) is 0. The lowest BCUT2D eigenvalue weighted by molar-refractivity contribution is 0.590. The summed E-state index contributed by atoms with van der Waals surface area (Å²) in [6, 6.07) is 71.8. The Balaban J connectivity index is 1.23. The van der Waals surface area contributed by atoms with Crippen LogP contribution in [-0.2, 0) is 16.2 Å². The molecule has 334 valence electrons. The number of rotatable bonds is 4. The van der Waals surface area contributed by atoms with Crippen LogP contribution in [0.3, 0.4) is 0 Å². The first-order valence-electron chi connectivity index (χ1n) is 24.6. The molecule has 0 saturated carbocycles. The van der Waals surface area contributed by atoms with Crippen molar-refractivity contribution in [3.05, 3.63) is 210 Å². The van der Waals surface area contributed by atoms with E-state index in [9.17, 15) is 0 Å². The van der Waals surface area contributed by atoms with Crippen LogP contribution in [0.15, 0.2) is 188 Å². The van der Waals surface area contributed by atoms with Crippen LogP contribution in [0.1, 0.15) is 77.6 Å². The molecule has 0 spiro atoms. The molecule has 2 aliphatic heterocycles. The highest BCUT2D eigenvalue weighted by atomic mass is 32.1. The lowest BCUT2D eigenvalue weighted by atomic mass is 9.42. The molecule has 1 aliphatic carbocycles. The average Bonchev–Trinajstić information content (AvgIpc) is 3.85. The van der Waals surface area contributed by atoms with Gasteiger partial charge in [-0.2, -0.15) is 0 Å². The summed E-state index contributed by atoms with van der Waals surface area (Å²) >= 11 is 1.93. The van der Waals surface area contributed by atoms with Crippen molar-refractivity contribution in [2.75, 3.05) is 9.71 Å². The van der Waals surface area contributed by atoms with Gasteiger partial charge in [-0.15, -0.1) is 11.3 Å². The largest absolute Gasteiger partial charge is 0.376 e. The van der Waals surface area contributed by atoms with E-state index in [2.05, 4.69) is 253 Å². The number of fused-ring (bicyclic) bond motifs is 12. The number of nitrogens with zero attached hydrogens (tertiary/aromatic N) is 2. The molecule has 0 amide bonds. The van der Waals surface area contributed by atoms with Gasteiger partial charge >= 0.3 is 6.85 Å². The molecular formula is C65H55BN2S. The molecule has 4 heteroatoms. The number of anilines is 5. The van der Waals surface area contributed by atoms with E-state index in [-0.39, 0.29) is 23.1 Å². The Morgan fingerprint density at radius 1 is 0.478 bits per heavy atom. The minimum atomic E-state index is -0.262. The predicted octanol–water partition coefficient (Wildman–Crippen LogP) is 17.0. The molecule has 0 saturated heterocycles. The second-order valence-corrected chi connectivity index (χ2v) is 23.2. The van der Waals surface area contributed by atoms with Gasteiger partial charge in [-0.3, -0.25) is 0 Å². The Morgan fingerprint density at radius 3 is 1.87 bits per heavy atom. The molecular weight excluding hydrogens is 852 g/mol. The van der Waals surface area contributed by atoms with Gasteiger partial charge in [-0.25, -0.2) is 0 Å². The summed E-state index contributed by atoms with van der Waals surface area (Å²) in [6.45, 7) is 18.7. The SMILES string of the molecule is CC(C)(C)c1ccc(N2B3c4ccc5c(sc6ccccc65)c4N(c4ccc(C(C)(C)C)cc4-c4ccccc4)c4cc5c(c(c43)-c3cc(-c4ccccc4)ccc32)C(C)(C)c2ccccc2-5)cc1. The lowest BCUT2D eigenvalue weighted by Gasteiger charge is -2.47. The van der Waals surface area contributed by atoms with Crippen LogP contribution in [0, 0.1) is 0 Å². The maximum Gasteiger partial charge on any atom is 0.333 e. The Bertz CT molecular complexity index is 3720. The van der Waals surface area contributed by atoms with Gasteiger partial charge in [0, 0.05) is 49.1 Å². The molecule has 9 aromatic carbocycles. The molecule has 2 nitrogen and oxygen atoms in total. The van der Waals surface area contributed by atoms with Crippen LogP contribution in [0.4, 0.5) is 28.4 Å². The summed E-state index contributed by atoms with van der Waals surface area (Å²) in [4.78, 5) is 5.40. The van der Waals surface area contributed by atoms with Crippen molar-refractivity contribution >= 4 is 77.7 Å². The molecule has 13 rings (SSSR count). The standard InChI is InChI=1S/C65H55BN2S/c1-63(2,3)43-28-31-45(32-29-43)68-55-35-27-42(40-19-11-9-12-20-40)37-51(55)58-59-50(46-23-15-17-25-52(46)65(59,7)8)39-56-60(58)66(68)53-34-33-48-47-24-16-18-26-57(47)69-62(48)61(53)67(56)54-36-30-44(64(4,5)6)38-49(54)41-21-13-10-14-22-41/h9-39H,1-8H3. The van der Waals surface area contributed by atoms with E-state index in [0.29, 0.717) is 0 Å². The molecule has 10 aromatic rings. The Labute approximate surface area is 411 Å². The summed E-state index contributed by atoms with van der Waals surface area (Å²) in [6.07, 6.45) is 0. The maximum absolute atomic E-state index is 2.71. The lowest BCUT2D eigenvalue weighted by Crippen LogP contribution is -2.62. The smallest absolute Gasteiger partial charge is 0.333 e. The van der Waals surface area contributed by atoms with Crippen LogP contribution in [0.2, 0.25) is 0 Å². The third-order valence-corrected chi connectivity index (χ3v) is 16.7. The fourth-order valence-electron chi connectivity index (χ4n) is 12.1. The topological polar surface area (TPSA) is 6.48 Å². The van der Waals surface area contributed by atoms with E-state index in [1.54, 1.807) is 0 Å². The van der Waals surface area contributed by atoms with Crippen LogP contribution in [0.5, 0.6) is 0 Å². The molecule has 69 heavy (non-hydrogen) atoms. The first-order chi connectivity index (χ1) is 33.3.